The molecule has 174 valence electrons. The van der Waals surface area contributed by atoms with E-state index in [1.165, 1.54) is 0 Å². The maximum Gasteiger partial charge on any atom is 0.262 e. The van der Waals surface area contributed by atoms with Gasteiger partial charge in [-0.25, -0.2) is 0 Å². The first-order valence-corrected chi connectivity index (χ1v) is 11.3. The first-order valence-electron chi connectivity index (χ1n) is 11.3. The minimum absolute atomic E-state index is 0.0132. The minimum Gasteiger partial charge on any atom is -0.493 e. The largest absolute Gasteiger partial charge is 0.493 e. The minimum atomic E-state index is -0.431. The molecule has 35 heavy (non-hydrogen) atoms. The average Bonchev–Trinajstić information content (AvgIpc) is 2.91. The SMILES string of the molecule is COc1cc(/C=C(\C#N)C(=O)N[C@H](C)c2ccccc2)ccc1OCc1cccc2ccccc12. The number of nitrogens with zero attached hydrogens (tertiary/aromatic N) is 1. The molecule has 0 aliphatic heterocycles. The van der Waals surface area contributed by atoms with Crippen LogP contribution < -0.4 is 14.8 Å². The Labute approximate surface area is 205 Å². The van der Waals surface area contributed by atoms with Crippen LogP contribution in [0.4, 0.5) is 0 Å². The van der Waals surface area contributed by atoms with Crippen LogP contribution in [0.5, 0.6) is 11.5 Å². The average molecular weight is 463 g/mol. The summed E-state index contributed by atoms with van der Waals surface area (Å²) in [7, 11) is 1.56. The number of carbonyl (C=O) groups excluding carboxylic acids is 1. The van der Waals surface area contributed by atoms with Crippen molar-refractivity contribution in [2.75, 3.05) is 7.11 Å². The Balaban J connectivity index is 1.49. The Bertz CT molecular complexity index is 1400. The Hall–Kier alpha value is -4.56. The van der Waals surface area contributed by atoms with E-state index in [4.69, 9.17) is 9.47 Å². The fraction of sp³-hybridized carbons (Fsp3) is 0.133. The number of nitriles is 1. The van der Waals surface area contributed by atoms with Crippen molar-refractivity contribution in [3.05, 3.63) is 113 Å². The van der Waals surface area contributed by atoms with E-state index in [1.807, 2.05) is 67.6 Å². The molecule has 1 atom stereocenters. The van der Waals surface area contributed by atoms with E-state index in [0.717, 1.165) is 21.9 Å². The highest BCUT2D eigenvalue weighted by molar-refractivity contribution is 6.01. The molecule has 0 spiro atoms. The Morgan fingerprint density at radius 1 is 0.971 bits per heavy atom. The van der Waals surface area contributed by atoms with Crippen LogP contribution in [0.15, 0.2) is 96.6 Å². The third kappa shape index (κ3) is 5.69. The van der Waals surface area contributed by atoms with E-state index in [-0.39, 0.29) is 11.6 Å². The molecule has 0 aliphatic carbocycles. The van der Waals surface area contributed by atoms with Crippen LogP contribution in [-0.4, -0.2) is 13.0 Å². The van der Waals surface area contributed by atoms with Gasteiger partial charge in [0, 0.05) is 0 Å². The quantitative estimate of drug-likeness (QED) is 0.250. The van der Waals surface area contributed by atoms with Gasteiger partial charge in [-0.05, 0) is 52.6 Å². The van der Waals surface area contributed by atoms with Gasteiger partial charge < -0.3 is 14.8 Å². The van der Waals surface area contributed by atoms with Gasteiger partial charge in [0.15, 0.2) is 11.5 Å². The lowest BCUT2D eigenvalue weighted by molar-refractivity contribution is -0.117. The lowest BCUT2D eigenvalue weighted by Crippen LogP contribution is -2.27. The molecule has 5 heteroatoms. The second-order valence-electron chi connectivity index (χ2n) is 8.11. The Morgan fingerprint density at radius 3 is 2.49 bits per heavy atom. The summed E-state index contributed by atoms with van der Waals surface area (Å²) in [6.45, 7) is 2.27. The van der Waals surface area contributed by atoms with Crippen LogP contribution in [0.1, 0.15) is 29.7 Å². The number of rotatable bonds is 8. The zero-order chi connectivity index (χ0) is 24.6. The molecule has 0 aliphatic rings. The third-order valence-corrected chi connectivity index (χ3v) is 5.77. The zero-order valence-corrected chi connectivity index (χ0v) is 19.7. The van der Waals surface area contributed by atoms with Crippen LogP contribution >= 0.6 is 0 Å². The summed E-state index contributed by atoms with van der Waals surface area (Å²) in [5, 5.41) is 14.8. The molecule has 0 radical (unpaired) electrons. The predicted molar refractivity (Wildman–Crippen MR) is 138 cm³/mol. The Kier molecular flexibility index (Phi) is 7.44. The van der Waals surface area contributed by atoms with E-state index in [2.05, 4.69) is 23.5 Å². The maximum absolute atomic E-state index is 12.7. The summed E-state index contributed by atoms with van der Waals surface area (Å²) in [5.41, 5.74) is 2.72. The normalized spacial score (nSPS) is 12.0. The molecule has 4 rings (SSSR count). The van der Waals surface area contributed by atoms with E-state index < -0.39 is 5.91 Å². The second kappa shape index (κ2) is 11.0. The number of methoxy groups -OCH3 is 1. The summed E-state index contributed by atoms with van der Waals surface area (Å²) >= 11 is 0. The standard InChI is InChI=1S/C30H26N2O3/c1-21(23-9-4-3-5-10-23)32-30(33)26(19-31)17-22-15-16-28(29(18-22)34-2)35-20-25-13-8-12-24-11-6-7-14-27(24)25/h3-18,21H,20H2,1-2H3,(H,32,33)/b26-17+/t21-/m1/s1. The zero-order valence-electron chi connectivity index (χ0n) is 19.7. The highest BCUT2D eigenvalue weighted by Crippen LogP contribution is 2.30. The molecule has 4 aromatic rings. The smallest absolute Gasteiger partial charge is 0.262 e. The lowest BCUT2D eigenvalue weighted by atomic mass is 10.1. The monoisotopic (exact) mass is 462 g/mol. The van der Waals surface area contributed by atoms with Crippen LogP contribution in [0.25, 0.3) is 16.8 Å². The fourth-order valence-electron chi connectivity index (χ4n) is 3.88. The number of fused-ring (bicyclic) bond motifs is 1. The molecule has 1 N–H and O–H groups in total. The number of ether oxygens (including phenoxy) is 2. The number of amides is 1. The van der Waals surface area contributed by atoms with Gasteiger partial charge in [0.25, 0.3) is 5.91 Å². The lowest BCUT2D eigenvalue weighted by Gasteiger charge is -2.14. The molecule has 0 saturated carbocycles. The van der Waals surface area contributed by atoms with Crippen molar-refractivity contribution in [1.82, 2.24) is 5.32 Å². The molecular weight excluding hydrogens is 436 g/mol. The maximum atomic E-state index is 12.7. The number of nitrogens with one attached hydrogen (secondary N) is 1. The first-order chi connectivity index (χ1) is 17.1. The summed E-state index contributed by atoms with van der Waals surface area (Å²) in [6, 6.07) is 31.0. The van der Waals surface area contributed by atoms with Gasteiger partial charge in [-0.1, -0.05) is 78.9 Å². The molecule has 0 aromatic heterocycles. The first kappa shape index (κ1) is 23.6. The van der Waals surface area contributed by atoms with Crippen molar-refractivity contribution < 1.29 is 14.3 Å². The molecule has 0 saturated heterocycles. The predicted octanol–water partition coefficient (Wildman–Crippen LogP) is 6.21. The van der Waals surface area contributed by atoms with Crippen LogP contribution in [0.2, 0.25) is 0 Å². The van der Waals surface area contributed by atoms with Gasteiger partial charge >= 0.3 is 0 Å². The third-order valence-electron chi connectivity index (χ3n) is 5.77. The van der Waals surface area contributed by atoms with Gasteiger partial charge in [-0.2, -0.15) is 5.26 Å². The second-order valence-corrected chi connectivity index (χ2v) is 8.11. The van der Waals surface area contributed by atoms with Gasteiger partial charge in [0.05, 0.1) is 13.2 Å². The highest BCUT2D eigenvalue weighted by Gasteiger charge is 2.14. The van der Waals surface area contributed by atoms with Gasteiger partial charge in [0.1, 0.15) is 18.2 Å². The van der Waals surface area contributed by atoms with Crippen molar-refractivity contribution >= 4 is 22.8 Å². The number of benzene rings is 4. The molecule has 1 amide bonds. The molecule has 0 heterocycles. The summed E-state index contributed by atoms with van der Waals surface area (Å²) in [5.74, 6) is 0.673. The van der Waals surface area contributed by atoms with Gasteiger partial charge in [-0.3, -0.25) is 4.79 Å². The molecule has 0 bridgehead atoms. The van der Waals surface area contributed by atoms with E-state index in [9.17, 15) is 10.1 Å². The number of hydrogen-bond donors (Lipinski definition) is 1. The van der Waals surface area contributed by atoms with Crippen LogP contribution in [-0.2, 0) is 11.4 Å². The van der Waals surface area contributed by atoms with Crippen LogP contribution in [0, 0.1) is 11.3 Å². The molecule has 5 nitrogen and oxygen atoms in total. The number of carbonyl (C=O) groups is 1. The molecule has 0 unspecified atom stereocenters. The van der Waals surface area contributed by atoms with Gasteiger partial charge in [-0.15, -0.1) is 0 Å². The van der Waals surface area contributed by atoms with Crippen molar-refractivity contribution in [2.45, 2.75) is 19.6 Å². The molecular formula is C30H26N2O3. The summed E-state index contributed by atoms with van der Waals surface area (Å²) in [6.07, 6.45) is 1.55. The van der Waals surface area contributed by atoms with Crippen LogP contribution in [0.3, 0.4) is 0 Å². The van der Waals surface area contributed by atoms with Crippen molar-refractivity contribution in [3.8, 4) is 17.6 Å². The number of hydrogen-bond acceptors (Lipinski definition) is 4. The van der Waals surface area contributed by atoms with Crippen molar-refractivity contribution in [1.29, 1.82) is 5.26 Å². The van der Waals surface area contributed by atoms with E-state index >= 15 is 0 Å². The fourth-order valence-corrected chi connectivity index (χ4v) is 3.88. The topological polar surface area (TPSA) is 71.3 Å². The van der Waals surface area contributed by atoms with E-state index in [1.54, 1.807) is 31.4 Å². The van der Waals surface area contributed by atoms with Crippen molar-refractivity contribution in [3.63, 3.8) is 0 Å². The van der Waals surface area contributed by atoms with Gasteiger partial charge in [0.2, 0.25) is 0 Å². The molecule has 0 fully saturated rings. The van der Waals surface area contributed by atoms with Crippen molar-refractivity contribution in [2.24, 2.45) is 0 Å². The highest BCUT2D eigenvalue weighted by atomic mass is 16.5. The van der Waals surface area contributed by atoms with E-state index in [0.29, 0.717) is 23.7 Å². The summed E-state index contributed by atoms with van der Waals surface area (Å²) < 4.78 is 11.6. The molecule has 4 aromatic carbocycles. The summed E-state index contributed by atoms with van der Waals surface area (Å²) in [4.78, 5) is 12.7. The Morgan fingerprint density at radius 2 is 1.71 bits per heavy atom.